The van der Waals surface area contributed by atoms with Gasteiger partial charge in [-0.1, -0.05) is 36.4 Å². The quantitative estimate of drug-likeness (QED) is 0.767. The maximum Gasteiger partial charge on any atom is 0.255 e. The average molecular weight is 332 g/mol. The molecule has 4 nitrogen and oxygen atoms in total. The number of pyridine rings is 1. The first-order chi connectivity index (χ1) is 12.2. The van der Waals surface area contributed by atoms with Crippen molar-refractivity contribution in [3.63, 3.8) is 0 Å². The molecule has 0 radical (unpaired) electrons. The zero-order valence-corrected chi connectivity index (χ0v) is 13.9. The van der Waals surface area contributed by atoms with Crippen LogP contribution in [0.3, 0.4) is 0 Å². The van der Waals surface area contributed by atoms with Gasteiger partial charge in [-0.15, -0.1) is 0 Å². The summed E-state index contributed by atoms with van der Waals surface area (Å²) in [5.74, 6) is 0.0161. The van der Waals surface area contributed by atoms with E-state index in [0.29, 0.717) is 18.0 Å². The number of fused-ring (bicyclic) bond motifs is 2. The maximum absolute atomic E-state index is 12.6. The van der Waals surface area contributed by atoms with Crippen molar-refractivity contribution in [2.45, 2.75) is 25.2 Å². The number of phenolic OH excluding ortho intramolecular Hbond substituents is 1. The molecule has 0 saturated carbocycles. The van der Waals surface area contributed by atoms with Crippen molar-refractivity contribution >= 4 is 16.8 Å². The lowest BCUT2D eigenvalue weighted by Gasteiger charge is -2.25. The topological polar surface area (TPSA) is 62.2 Å². The Labute approximate surface area is 146 Å². The SMILES string of the molecule is O=C(NCC1CCCc2ccccc21)c1ccc2cccnc2c1O. The number of carbonyl (C=O) groups is 1. The Bertz CT molecular complexity index is 936. The standard InChI is InChI=1S/C21H20N2O2/c24-20-18(11-10-15-8-4-12-22-19(15)20)21(25)23-13-16-7-3-6-14-5-1-2-9-17(14)16/h1-2,4-5,8-12,16,24H,3,6-7,13H2,(H,23,25). The summed E-state index contributed by atoms with van der Waals surface area (Å²) in [5, 5.41) is 14.2. The molecule has 2 N–H and O–H groups in total. The number of nitrogens with one attached hydrogen (secondary N) is 1. The van der Waals surface area contributed by atoms with Gasteiger partial charge in [-0.05, 0) is 42.5 Å². The number of hydrogen-bond donors (Lipinski definition) is 2. The molecule has 1 unspecified atom stereocenters. The van der Waals surface area contributed by atoms with Crippen LogP contribution in [0.25, 0.3) is 10.9 Å². The fourth-order valence-corrected chi connectivity index (χ4v) is 3.69. The molecule has 25 heavy (non-hydrogen) atoms. The fourth-order valence-electron chi connectivity index (χ4n) is 3.69. The predicted octanol–water partition coefficient (Wildman–Crippen LogP) is 3.79. The molecule has 1 aliphatic carbocycles. The van der Waals surface area contributed by atoms with Crippen molar-refractivity contribution in [2.24, 2.45) is 0 Å². The van der Waals surface area contributed by atoms with Crippen molar-refractivity contribution in [2.75, 3.05) is 6.54 Å². The van der Waals surface area contributed by atoms with Crippen LogP contribution in [0.1, 0.15) is 40.2 Å². The van der Waals surface area contributed by atoms with E-state index in [1.54, 1.807) is 12.3 Å². The number of rotatable bonds is 3. The molecule has 1 amide bonds. The lowest BCUT2D eigenvalue weighted by Crippen LogP contribution is -2.30. The molecule has 3 aromatic rings. The van der Waals surface area contributed by atoms with E-state index in [4.69, 9.17) is 0 Å². The van der Waals surface area contributed by atoms with E-state index in [9.17, 15) is 9.90 Å². The van der Waals surface area contributed by atoms with Gasteiger partial charge in [0.1, 0.15) is 5.52 Å². The van der Waals surface area contributed by atoms with Gasteiger partial charge < -0.3 is 10.4 Å². The Kier molecular flexibility index (Phi) is 4.10. The first kappa shape index (κ1) is 15.6. The van der Waals surface area contributed by atoms with Crippen LogP contribution in [0, 0.1) is 0 Å². The molecule has 1 aliphatic rings. The number of amides is 1. The molecule has 0 saturated heterocycles. The van der Waals surface area contributed by atoms with E-state index >= 15 is 0 Å². The normalized spacial score (nSPS) is 16.4. The number of aryl methyl sites for hydroxylation is 1. The third-order valence-corrected chi connectivity index (χ3v) is 5.00. The average Bonchev–Trinajstić information content (AvgIpc) is 2.66. The lowest BCUT2D eigenvalue weighted by molar-refractivity contribution is 0.0948. The Morgan fingerprint density at radius 2 is 2.04 bits per heavy atom. The number of aromatic nitrogens is 1. The molecule has 0 spiro atoms. The Morgan fingerprint density at radius 1 is 1.16 bits per heavy atom. The fraction of sp³-hybridized carbons (Fsp3) is 0.238. The zero-order valence-electron chi connectivity index (χ0n) is 13.9. The van der Waals surface area contributed by atoms with Gasteiger partial charge in [0, 0.05) is 24.0 Å². The van der Waals surface area contributed by atoms with Gasteiger partial charge in [0.05, 0.1) is 5.56 Å². The van der Waals surface area contributed by atoms with Crippen LogP contribution < -0.4 is 5.32 Å². The van der Waals surface area contributed by atoms with Crippen LogP contribution in [0.2, 0.25) is 0 Å². The molecule has 0 bridgehead atoms. The van der Waals surface area contributed by atoms with Gasteiger partial charge in [0.2, 0.25) is 0 Å². The first-order valence-electron chi connectivity index (χ1n) is 8.67. The van der Waals surface area contributed by atoms with Gasteiger partial charge in [-0.2, -0.15) is 0 Å². The molecule has 1 aromatic heterocycles. The van der Waals surface area contributed by atoms with Crippen molar-refractivity contribution in [1.82, 2.24) is 10.3 Å². The summed E-state index contributed by atoms with van der Waals surface area (Å²) >= 11 is 0. The third-order valence-electron chi connectivity index (χ3n) is 5.00. The largest absolute Gasteiger partial charge is 0.505 e. The minimum Gasteiger partial charge on any atom is -0.505 e. The molecule has 0 aliphatic heterocycles. The van der Waals surface area contributed by atoms with Crippen molar-refractivity contribution in [3.05, 3.63) is 71.4 Å². The van der Waals surface area contributed by atoms with Crippen molar-refractivity contribution < 1.29 is 9.90 Å². The van der Waals surface area contributed by atoms with Crippen LogP contribution >= 0.6 is 0 Å². The summed E-state index contributed by atoms with van der Waals surface area (Å²) < 4.78 is 0. The number of nitrogens with zero attached hydrogens (tertiary/aromatic N) is 1. The summed E-state index contributed by atoms with van der Waals surface area (Å²) in [4.78, 5) is 16.7. The van der Waals surface area contributed by atoms with Gasteiger partial charge >= 0.3 is 0 Å². The number of hydrogen-bond acceptors (Lipinski definition) is 3. The summed E-state index contributed by atoms with van der Waals surface area (Å²) in [6, 6.07) is 15.6. The summed E-state index contributed by atoms with van der Waals surface area (Å²) in [6.07, 6.45) is 4.94. The van der Waals surface area contributed by atoms with E-state index < -0.39 is 0 Å². The Morgan fingerprint density at radius 3 is 2.96 bits per heavy atom. The van der Waals surface area contributed by atoms with E-state index in [1.807, 2.05) is 18.2 Å². The molecule has 126 valence electrons. The van der Waals surface area contributed by atoms with Crippen molar-refractivity contribution in [1.29, 1.82) is 0 Å². The highest BCUT2D eigenvalue weighted by atomic mass is 16.3. The third kappa shape index (κ3) is 2.95. The molecule has 2 aromatic carbocycles. The Hall–Kier alpha value is -2.88. The van der Waals surface area contributed by atoms with E-state index in [-0.39, 0.29) is 17.2 Å². The van der Waals surface area contributed by atoms with Crippen LogP contribution in [0.4, 0.5) is 0 Å². The number of carbonyl (C=O) groups excluding carboxylic acids is 1. The first-order valence-corrected chi connectivity index (χ1v) is 8.67. The molecule has 0 fully saturated rings. The molecule has 1 heterocycles. The predicted molar refractivity (Wildman–Crippen MR) is 97.9 cm³/mol. The number of phenols is 1. The number of aromatic hydroxyl groups is 1. The van der Waals surface area contributed by atoms with Gasteiger partial charge in [-0.25, -0.2) is 0 Å². The second kappa shape index (κ2) is 6.55. The van der Waals surface area contributed by atoms with Gasteiger partial charge in [0.15, 0.2) is 5.75 Å². The summed E-state index contributed by atoms with van der Waals surface area (Å²) in [5.41, 5.74) is 3.44. The molecule has 4 rings (SSSR count). The molecule has 1 atom stereocenters. The second-order valence-electron chi connectivity index (χ2n) is 6.53. The van der Waals surface area contributed by atoms with Crippen LogP contribution in [-0.2, 0) is 6.42 Å². The molecular weight excluding hydrogens is 312 g/mol. The van der Waals surface area contributed by atoms with Crippen LogP contribution in [0.15, 0.2) is 54.7 Å². The summed E-state index contributed by atoms with van der Waals surface area (Å²) in [6.45, 7) is 0.579. The van der Waals surface area contributed by atoms with E-state index in [0.717, 1.165) is 24.6 Å². The molecule has 4 heteroatoms. The highest BCUT2D eigenvalue weighted by Crippen LogP contribution is 2.31. The van der Waals surface area contributed by atoms with Crippen molar-refractivity contribution in [3.8, 4) is 5.75 Å². The lowest BCUT2D eigenvalue weighted by atomic mass is 9.83. The smallest absolute Gasteiger partial charge is 0.255 e. The minimum absolute atomic E-state index is 0.0559. The summed E-state index contributed by atoms with van der Waals surface area (Å²) in [7, 11) is 0. The number of benzene rings is 2. The maximum atomic E-state index is 12.6. The highest BCUT2D eigenvalue weighted by Gasteiger charge is 2.21. The van der Waals surface area contributed by atoms with Gasteiger partial charge in [-0.3, -0.25) is 9.78 Å². The van der Waals surface area contributed by atoms with Crippen LogP contribution in [-0.4, -0.2) is 22.5 Å². The van der Waals surface area contributed by atoms with E-state index in [1.165, 1.54) is 11.1 Å². The Balaban J connectivity index is 1.53. The minimum atomic E-state index is -0.256. The second-order valence-corrected chi connectivity index (χ2v) is 6.53. The van der Waals surface area contributed by atoms with Crippen LogP contribution in [0.5, 0.6) is 5.75 Å². The van der Waals surface area contributed by atoms with E-state index in [2.05, 4.69) is 34.6 Å². The zero-order chi connectivity index (χ0) is 17.2. The highest BCUT2D eigenvalue weighted by molar-refractivity contribution is 6.02. The van der Waals surface area contributed by atoms with Gasteiger partial charge in [0.25, 0.3) is 5.91 Å². The monoisotopic (exact) mass is 332 g/mol. The molecular formula is C21H20N2O2.